The molecule has 1 amide bonds. The fourth-order valence-corrected chi connectivity index (χ4v) is 4.22. The molecule has 2 aromatic rings. The summed E-state index contributed by atoms with van der Waals surface area (Å²) >= 11 is 0. The Morgan fingerprint density at radius 3 is 2.29 bits per heavy atom. The number of aryl methyl sites for hydroxylation is 1. The predicted molar refractivity (Wildman–Crippen MR) is 132 cm³/mol. The Balaban J connectivity index is 2.16. The van der Waals surface area contributed by atoms with Gasteiger partial charge in [-0.1, -0.05) is 6.07 Å². The molecule has 2 aromatic carbocycles. The number of methoxy groups -OCH3 is 3. The van der Waals surface area contributed by atoms with Gasteiger partial charge in [-0.2, -0.15) is 0 Å². The molecule has 35 heavy (non-hydrogen) atoms. The highest BCUT2D eigenvalue weighted by atomic mass is 16.5. The second-order valence-electron chi connectivity index (χ2n) is 8.60. The Hall–Kier alpha value is -3.52. The summed E-state index contributed by atoms with van der Waals surface area (Å²) < 4.78 is 21.8. The maximum absolute atomic E-state index is 13.2. The second-order valence-corrected chi connectivity index (χ2v) is 8.60. The highest BCUT2D eigenvalue weighted by Gasteiger charge is 2.46. The summed E-state index contributed by atoms with van der Waals surface area (Å²) in [7, 11) is 4.67. The lowest BCUT2D eigenvalue weighted by atomic mass is 9.94. The molecule has 3 rings (SSSR count). The summed E-state index contributed by atoms with van der Waals surface area (Å²) in [6.07, 6.45) is 0.473. The van der Waals surface area contributed by atoms with Crippen molar-refractivity contribution in [3.8, 4) is 17.2 Å². The number of carbonyl (C=O) groups is 2. The minimum absolute atomic E-state index is 0.0246. The number of aliphatic hydroxyl groups is 1. The van der Waals surface area contributed by atoms with Crippen LogP contribution in [0, 0.1) is 6.92 Å². The largest absolute Gasteiger partial charge is 0.507 e. The third-order valence-electron chi connectivity index (χ3n) is 5.82. The van der Waals surface area contributed by atoms with E-state index in [0.717, 1.165) is 5.56 Å². The molecule has 1 atom stereocenters. The van der Waals surface area contributed by atoms with Crippen LogP contribution in [0.15, 0.2) is 42.0 Å². The molecule has 1 heterocycles. The first kappa shape index (κ1) is 26.1. The molecule has 8 nitrogen and oxygen atoms in total. The summed E-state index contributed by atoms with van der Waals surface area (Å²) in [5, 5.41) is 11.3. The van der Waals surface area contributed by atoms with Gasteiger partial charge in [0.15, 0.2) is 11.5 Å². The zero-order valence-electron chi connectivity index (χ0n) is 21.1. The zero-order valence-corrected chi connectivity index (χ0v) is 21.1. The summed E-state index contributed by atoms with van der Waals surface area (Å²) in [4.78, 5) is 27.8. The van der Waals surface area contributed by atoms with Crippen LogP contribution < -0.4 is 14.2 Å². The van der Waals surface area contributed by atoms with Gasteiger partial charge < -0.3 is 29.0 Å². The van der Waals surface area contributed by atoms with Crippen LogP contribution >= 0.6 is 0 Å². The Bertz CT molecular complexity index is 1120. The van der Waals surface area contributed by atoms with Gasteiger partial charge in [-0.25, -0.2) is 0 Å². The van der Waals surface area contributed by atoms with E-state index in [0.29, 0.717) is 41.4 Å². The van der Waals surface area contributed by atoms with E-state index < -0.39 is 17.7 Å². The van der Waals surface area contributed by atoms with E-state index in [1.807, 2.05) is 20.8 Å². The van der Waals surface area contributed by atoms with Crippen molar-refractivity contribution in [1.82, 2.24) is 4.90 Å². The zero-order chi connectivity index (χ0) is 25.7. The summed E-state index contributed by atoms with van der Waals surface area (Å²) in [6.45, 7) is 6.38. The monoisotopic (exact) mass is 483 g/mol. The molecule has 0 saturated carbocycles. The molecule has 0 radical (unpaired) electrons. The summed E-state index contributed by atoms with van der Waals surface area (Å²) in [6, 6.07) is 9.59. The van der Waals surface area contributed by atoms with E-state index in [9.17, 15) is 14.7 Å². The van der Waals surface area contributed by atoms with Crippen molar-refractivity contribution < 1.29 is 33.6 Å². The number of likely N-dealkylation sites (tertiary alicyclic amines) is 1. The Kier molecular flexibility index (Phi) is 8.40. The highest BCUT2D eigenvalue weighted by Crippen LogP contribution is 2.42. The minimum atomic E-state index is -0.795. The lowest BCUT2D eigenvalue weighted by molar-refractivity contribution is -0.140. The molecule has 0 aliphatic carbocycles. The number of amides is 1. The SMILES string of the molecule is COCCCN1C(=O)C(=O)/C(=C(\O)c2ccc(OC)c(C)c2)C1c1ccc(OC(C)C)c(OC)c1. The third kappa shape index (κ3) is 5.43. The van der Waals surface area contributed by atoms with E-state index in [2.05, 4.69) is 0 Å². The van der Waals surface area contributed by atoms with Crippen molar-refractivity contribution >= 4 is 17.4 Å². The van der Waals surface area contributed by atoms with Gasteiger partial charge >= 0.3 is 0 Å². The standard InChI is InChI=1S/C27H33NO7/c1-16(2)35-21-11-8-18(15-22(21)34-6)24-23(26(30)27(31)28(24)12-7-13-32-4)25(29)19-9-10-20(33-5)17(3)14-19/h8-11,14-16,24,29H,7,12-13H2,1-6H3/b25-23-. The number of ether oxygens (including phenoxy) is 4. The molecular weight excluding hydrogens is 450 g/mol. The lowest BCUT2D eigenvalue weighted by Crippen LogP contribution is -2.31. The van der Waals surface area contributed by atoms with Crippen molar-refractivity contribution in [3.63, 3.8) is 0 Å². The van der Waals surface area contributed by atoms with Crippen molar-refractivity contribution in [1.29, 1.82) is 0 Å². The fraction of sp³-hybridized carbons (Fsp3) is 0.407. The number of nitrogens with zero attached hydrogens (tertiary/aromatic N) is 1. The van der Waals surface area contributed by atoms with E-state index in [1.54, 1.807) is 50.6 Å². The molecule has 188 valence electrons. The van der Waals surface area contributed by atoms with Crippen molar-refractivity contribution in [2.45, 2.75) is 39.3 Å². The topological polar surface area (TPSA) is 94.5 Å². The van der Waals surface area contributed by atoms with E-state index in [-0.39, 0.29) is 24.0 Å². The van der Waals surface area contributed by atoms with E-state index >= 15 is 0 Å². The molecule has 1 N–H and O–H groups in total. The van der Waals surface area contributed by atoms with Crippen LogP contribution in [0.2, 0.25) is 0 Å². The van der Waals surface area contributed by atoms with Crippen LogP contribution in [0.1, 0.15) is 43.0 Å². The molecule has 0 bridgehead atoms. The first-order valence-corrected chi connectivity index (χ1v) is 11.5. The van der Waals surface area contributed by atoms with Crippen LogP contribution in [-0.2, 0) is 14.3 Å². The van der Waals surface area contributed by atoms with Gasteiger partial charge in [0.1, 0.15) is 11.5 Å². The number of rotatable bonds is 10. The highest BCUT2D eigenvalue weighted by molar-refractivity contribution is 6.46. The third-order valence-corrected chi connectivity index (χ3v) is 5.82. The second kappa shape index (κ2) is 11.3. The average molecular weight is 484 g/mol. The van der Waals surface area contributed by atoms with Crippen LogP contribution in [0.25, 0.3) is 5.76 Å². The van der Waals surface area contributed by atoms with Gasteiger partial charge in [0.2, 0.25) is 0 Å². The molecule has 1 fully saturated rings. The summed E-state index contributed by atoms with van der Waals surface area (Å²) in [5.74, 6) is 0.0324. The number of hydrogen-bond acceptors (Lipinski definition) is 7. The maximum atomic E-state index is 13.2. The van der Waals surface area contributed by atoms with E-state index in [1.165, 1.54) is 12.0 Å². The van der Waals surface area contributed by atoms with Gasteiger partial charge in [0.25, 0.3) is 11.7 Å². The van der Waals surface area contributed by atoms with Gasteiger partial charge in [0, 0.05) is 25.8 Å². The van der Waals surface area contributed by atoms with Crippen LogP contribution in [0.4, 0.5) is 0 Å². The fourth-order valence-electron chi connectivity index (χ4n) is 4.22. The molecule has 8 heteroatoms. The molecule has 1 saturated heterocycles. The Labute approximate surface area is 206 Å². The quantitative estimate of drug-likeness (QED) is 0.234. The van der Waals surface area contributed by atoms with Crippen LogP contribution in [0.5, 0.6) is 17.2 Å². The predicted octanol–water partition coefficient (Wildman–Crippen LogP) is 4.26. The van der Waals surface area contributed by atoms with Gasteiger partial charge in [-0.15, -0.1) is 0 Å². The Morgan fingerprint density at radius 2 is 1.69 bits per heavy atom. The normalized spacial score (nSPS) is 17.2. The molecular formula is C27H33NO7. The van der Waals surface area contributed by atoms with Crippen molar-refractivity contribution in [3.05, 3.63) is 58.7 Å². The van der Waals surface area contributed by atoms with Gasteiger partial charge in [0.05, 0.1) is 31.9 Å². The number of Topliss-reactive ketones (excluding diaryl/α,β-unsaturated/α-hetero) is 1. The first-order chi connectivity index (χ1) is 16.7. The smallest absolute Gasteiger partial charge is 0.295 e. The minimum Gasteiger partial charge on any atom is -0.507 e. The number of aliphatic hydroxyl groups excluding tert-OH is 1. The number of carbonyl (C=O) groups excluding carboxylic acids is 2. The lowest BCUT2D eigenvalue weighted by Gasteiger charge is -2.26. The molecule has 0 aromatic heterocycles. The van der Waals surface area contributed by atoms with Crippen molar-refractivity contribution in [2.24, 2.45) is 0 Å². The van der Waals surface area contributed by atoms with Crippen LogP contribution in [-0.4, -0.2) is 62.3 Å². The van der Waals surface area contributed by atoms with Gasteiger partial charge in [-0.05, 0) is 68.7 Å². The average Bonchev–Trinajstić information content (AvgIpc) is 3.08. The molecule has 0 spiro atoms. The Morgan fingerprint density at radius 1 is 1.00 bits per heavy atom. The van der Waals surface area contributed by atoms with Crippen molar-refractivity contribution in [2.75, 3.05) is 34.5 Å². The molecule has 1 aliphatic heterocycles. The summed E-state index contributed by atoms with van der Waals surface area (Å²) in [5.41, 5.74) is 1.87. The first-order valence-electron chi connectivity index (χ1n) is 11.5. The number of hydrogen-bond donors (Lipinski definition) is 1. The van der Waals surface area contributed by atoms with E-state index in [4.69, 9.17) is 18.9 Å². The van der Waals surface area contributed by atoms with Crippen LogP contribution in [0.3, 0.4) is 0 Å². The van der Waals surface area contributed by atoms with Gasteiger partial charge in [-0.3, -0.25) is 9.59 Å². The molecule has 1 unspecified atom stereocenters. The molecule has 1 aliphatic rings. The maximum Gasteiger partial charge on any atom is 0.295 e. The number of benzene rings is 2. The number of ketones is 1.